The number of likely N-dealkylation sites (tertiary alicyclic amines) is 1. The van der Waals surface area contributed by atoms with Gasteiger partial charge in [-0.05, 0) is 38.3 Å². The molecule has 0 radical (unpaired) electrons. The summed E-state index contributed by atoms with van der Waals surface area (Å²) in [4.78, 5) is 34.2. The zero-order valence-corrected chi connectivity index (χ0v) is 13.5. The van der Waals surface area contributed by atoms with Crippen molar-refractivity contribution in [3.63, 3.8) is 0 Å². The second-order valence-corrected chi connectivity index (χ2v) is 6.46. The Bertz CT molecular complexity index is 744. The van der Waals surface area contributed by atoms with Crippen LogP contribution in [0, 0.1) is 6.92 Å². The van der Waals surface area contributed by atoms with Crippen LogP contribution < -0.4 is 0 Å². The number of nitrogens with zero attached hydrogens (tertiary/aromatic N) is 3. The van der Waals surface area contributed by atoms with Gasteiger partial charge in [-0.1, -0.05) is 0 Å². The normalized spacial score (nSPS) is 18.0. The number of pyridine rings is 1. The van der Waals surface area contributed by atoms with Gasteiger partial charge in [0, 0.05) is 23.8 Å². The third kappa shape index (κ3) is 3.24. The Morgan fingerprint density at radius 3 is 2.91 bits per heavy atom. The summed E-state index contributed by atoms with van der Waals surface area (Å²) in [5, 5.41) is 12.0. The molecule has 1 saturated heterocycles. The maximum Gasteiger partial charge on any atom is 0.335 e. The molecule has 0 bridgehead atoms. The average molecular weight is 331 g/mol. The predicted octanol–water partition coefficient (Wildman–Crippen LogP) is 2.91. The molecule has 3 heterocycles. The van der Waals surface area contributed by atoms with Crippen molar-refractivity contribution < 1.29 is 14.7 Å². The van der Waals surface area contributed by atoms with Crippen molar-refractivity contribution in [1.29, 1.82) is 0 Å². The highest BCUT2D eigenvalue weighted by atomic mass is 32.1. The zero-order valence-electron chi connectivity index (χ0n) is 12.7. The fourth-order valence-electron chi connectivity index (χ4n) is 2.78. The van der Waals surface area contributed by atoms with E-state index >= 15 is 0 Å². The molecule has 2 aromatic heterocycles. The molecule has 23 heavy (non-hydrogen) atoms. The minimum absolute atomic E-state index is 0.0507. The summed E-state index contributed by atoms with van der Waals surface area (Å²) in [6.07, 6.45) is 4.22. The standard InChI is InChI=1S/C16H17N3O3S/c1-10-9-23-14(18-10)13-4-2-3-7-19(13)15(20)12-8-11(16(21)22)5-6-17-12/h5-6,8-9,13H,2-4,7H2,1H3,(H,21,22). The molecule has 2 aromatic rings. The predicted molar refractivity (Wildman–Crippen MR) is 85.7 cm³/mol. The lowest BCUT2D eigenvalue weighted by molar-refractivity contribution is 0.0605. The Hall–Kier alpha value is -2.28. The zero-order chi connectivity index (χ0) is 16.4. The van der Waals surface area contributed by atoms with E-state index in [0.29, 0.717) is 6.54 Å². The van der Waals surface area contributed by atoms with E-state index in [-0.39, 0.29) is 23.2 Å². The van der Waals surface area contributed by atoms with E-state index in [1.165, 1.54) is 18.3 Å². The summed E-state index contributed by atoms with van der Waals surface area (Å²) in [5.41, 5.74) is 1.20. The second-order valence-electron chi connectivity index (χ2n) is 5.57. The Balaban J connectivity index is 1.89. The van der Waals surface area contributed by atoms with Gasteiger partial charge in [-0.25, -0.2) is 9.78 Å². The molecule has 1 N–H and O–H groups in total. The van der Waals surface area contributed by atoms with Gasteiger partial charge in [-0.2, -0.15) is 0 Å². The van der Waals surface area contributed by atoms with Crippen molar-refractivity contribution in [2.45, 2.75) is 32.2 Å². The molecule has 1 fully saturated rings. The van der Waals surface area contributed by atoms with Crippen molar-refractivity contribution in [1.82, 2.24) is 14.9 Å². The summed E-state index contributed by atoms with van der Waals surface area (Å²) >= 11 is 1.56. The molecule has 0 spiro atoms. The third-order valence-electron chi connectivity index (χ3n) is 3.91. The molecule has 7 heteroatoms. The maximum atomic E-state index is 12.8. The molecule has 1 unspecified atom stereocenters. The molecule has 1 aliphatic heterocycles. The van der Waals surface area contributed by atoms with E-state index in [2.05, 4.69) is 9.97 Å². The second kappa shape index (κ2) is 6.45. The van der Waals surface area contributed by atoms with Crippen LogP contribution in [0.25, 0.3) is 0 Å². The van der Waals surface area contributed by atoms with Gasteiger partial charge in [0.25, 0.3) is 5.91 Å². The molecule has 0 aromatic carbocycles. The van der Waals surface area contributed by atoms with E-state index in [4.69, 9.17) is 5.11 Å². The Morgan fingerprint density at radius 1 is 1.39 bits per heavy atom. The largest absolute Gasteiger partial charge is 0.478 e. The number of aryl methyl sites for hydroxylation is 1. The van der Waals surface area contributed by atoms with Gasteiger partial charge in [0.2, 0.25) is 0 Å². The summed E-state index contributed by atoms with van der Waals surface area (Å²) in [7, 11) is 0. The molecule has 1 amide bonds. The topological polar surface area (TPSA) is 83.4 Å². The van der Waals surface area contributed by atoms with Crippen molar-refractivity contribution in [2.75, 3.05) is 6.54 Å². The van der Waals surface area contributed by atoms with Gasteiger partial charge in [0.15, 0.2) is 0 Å². The summed E-state index contributed by atoms with van der Waals surface area (Å²) in [6.45, 7) is 2.58. The highest BCUT2D eigenvalue weighted by Crippen LogP contribution is 2.33. The highest BCUT2D eigenvalue weighted by molar-refractivity contribution is 7.09. The minimum Gasteiger partial charge on any atom is -0.478 e. The van der Waals surface area contributed by atoms with Crippen molar-refractivity contribution in [3.8, 4) is 0 Å². The first-order valence-electron chi connectivity index (χ1n) is 7.48. The van der Waals surface area contributed by atoms with Crippen LogP contribution in [0.4, 0.5) is 0 Å². The molecular formula is C16H17N3O3S. The van der Waals surface area contributed by atoms with Crippen molar-refractivity contribution in [3.05, 3.63) is 45.7 Å². The summed E-state index contributed by atoms with van der Waals surface area (Å²) in [5.74, 6) is -1.29. The third-order valence-corrected chi connectivity index (χ3v) is 4.98. The number of aromatic nitrogens is 2. The van der Waals surface area contributed by atoms with E-state index < -0.39 is 5.97 Å². The number of rotatable bonds is 3. The quantitative estimate of drug-likeness (QED) is 0.935. The number of hydrogen-bond acceptors (Lipinski definition) is 5. The summed E-state index contributed by atoms with van der Waals surface area (Å²) < 4.78 is 0. The van der Waals surface area contributed by atoms with Crippen LogP contribution in [-0.4, -0.2) is 38.4 Å². The lowest BCUT2D eigenvalue weighted by atomic mass is 10.0. The Labute approximate surface area is 137 Å². The molecule has 6 nitrogen and oxygen atoms in total. The number of amides is 1. The smallest absolute Gasteiger partial charge is 0.335 e. The number of hydrogen-bond donors (Lipinski definition) is 1. The van der Waals surface area contributed by atoms with Gasteiger partial charge >= 0.3 is 5.97 Å². The van der Waals surface area contributed by atoms with Gasteiger partial charge < -0.3 is 10.0 Å². The van der Waals surface area contributed by atoms with Gasteiger partial charge in [0.1, 0.15) is 10.7 Å². The molecule has 1 aliphatic rings. The lowest BCUT2D eigenvalue weighted by Gasteiger charge is -2.34. The first kappa shape index (κ1) is 15.6. The molecule has 0 saturated carbocycles. The van der Waals surface area contributed by atoms with Crippen LogP contribution in [-0.2, 0) is 0 Å². The van der Waals surface area contributed by atoms with E-state index in [9.17, 15) is 9.59 Å². The summed E-state index contributed by atoms with van der Waals surface area (Å²) in [6, 6.07) is 2.67. The fourth-order valence-corrected chi connectivity index (χ4v) is 3.73. The van der Waals surface area contributed by atoms with Gasteiger partial charge in [-0.3, -0.25) is 9.78 Å². The SMILES string of the molecule is Cc1csc(C2CCCCN2C(=O)c2cc(C(=O)O)ccn2)n1. The van der Waals surface area contributed by atoms with E-state index in [0.717, 1.165) is 30.0 Å². The van der Waals surface area contributed by atoms with Gasteiger partial charge in [0.05, 0.1) is 11.6 Å². The van der Waals surface area contributed by atoms with Crippen LogP contribution >= 0.6 is 11.3 Å². The van der Waals surface area contributed by atoms with Gasteiger partial charge in [-0.15, -0.1) is 11.3 Å². The van der Waals surface area contributed by atoms with E-state index in [1.807, 2.05) is 12.3 Å². The Morgan fingerprint density at radius 2 is 2.22 bits per heavy atom. The van der Waals surface area contributed by atoms with Crippen LogP contribution in [0.5, 0.6) is 0 Å². The molecule has 3 rings (SSSR count). The molecular weight excluding hydrogens is 314 g/mol. The first-order chi connectivity index (χ1) is 11.1. The molecule has 1 atom stereocenters. The van der Waals surface area contributed by atoms with Crippen LogP contribution in [0.1, 0.15) is 56.9 Å². The molecule has 120 valence electrons. The molecule has 0 aliphatic carbocycles. The number of carboxylic acids is 1. The average Bonchev–Trinajstić information content (AvgIpc) is 3.00. The van der Waals surface area contributed by atoms with Crippen LogP contribution in [0.2, 0.25) is 0 Å². The van der Waals surface area contributed by atoms with Crippen LogP contribution in [0.15, 0.2) is 23.7 Å². The maximum absolute atomic E-state index is 12.8. The number of carbonyl (C=O) groups excluding carboxylic acids is 1. The number of carboxylic acid groups (broad SMARTS) is 1. The number of aromatic carboxylic acids is 1. The Kier molecular flexibility index (Phi) is 4.38. The van der Waals surface area contributed by atoms with Crippen LogP contribution in [0.3, 0.4) is 0 Å². The number of piperidine rings is 1. The minimum atomic E-state index is -1.06. The lowest BCUT2D eigenvalue weighted by Crippen LogP contribution is -2.39. The number of thiazole rings is 1. The first-order valence-corrected chi connectivity index (χ1v) is 8.36. The van der Waals surface area contributed by atoms with Crippen molar-refractivity contribution >= 4 is 23.2 Å². The highest BCUT2D eigenvalue weighted by Gasteiger charge is 2.31. The van der Waals surface area contributed by atoms with E-state index in [1.54, 1.807) is 16.2 Å². The fraction of sp³-hybridized carbons (Fsp3) is 0.375. The monoisotopic (exact) mass is 331 g/mol. The number of carbonyl (C=O) groups is 2. The van der Waals surface area contributed by atoms with Crippen molar-refractivity contribution in [2.24, 2.45) is 0 Å².